The second kappa shape index (κ2) is 6.55. The molecule has 0 amide bonds. The van der Waals surface area contributed by atoms with Gasteiger partial charge in [-0.25, -0.2) is 0 Å². The van der Waals surface area contributed by atoms with Gasteiger partial charge in [-0.3, -0.25) is 0 Å². The number of rotatable bonds is 5. The van der Waals surface area contributed by atoms with E-state index in [-0.39, 0.29) is 6.04 Å². The molecule has 0 aliphatic heterocycles. The Hall–Kier alpha value is -0.840. The fraction of sp³-hybridized carbons (Fsp3) is 0.333. The molecule has 19 heavy (non-hydrogen) atoms. The molecule has 0 saturated heterocycles. The zero-order valence-electron chi connectivity index (χ0n) is 11.4. The van der Waals surface area contributed by atoms with Crippen molar-refractivity contribution < 1.29 is 4.74 Å². The van der Waals surface area contributed by atoms with Crippen molar-refractivity contribution in [3.8, 4) is 5.75 Å². The monoisotopic (exact) mass is 339 g/mol. The smallest absolute Gasteiger partial charge is 0.124 e. The van der Waals surface area contributed by atoms with E-state index in [1.807, 2.05) is 0 Å². The van der Waals surface area contributed by atoms with Gasteiger partial charge in [0.2, 0.25) is 0 Å². The number of ether oxygens (including phenoxy) is 1. The van der Waals surface area contributed by atoms with Crippen LogP contribution in [0.4, 0.5) is 0 Å². The Morgan fingerprint density at radius 2 is 2.16 bits per heavy atom. The predicted octanol–water partition coefficient (Wildman–Crippen LogP) is 4.53. The second-order valence-corrected chi connectivity index (χ2v) is 6.17. The van der Waals surface area contributed by atoms with Gasteiger partial charge in [0.25, 0.3) is 0 Å². The van der Waals surface area contributed by atoms with E-state index in [9.17, 15) is 0 Å². The Kier molecular flexibility index (Phi) is 5.02. The normalized spacial score (nSPS) is 12.4. The van der Waals surface area contributed by atoms with E-state index in [0.29, 0.717) is 0 Å². The molecule has 102 valence electrons. The van der Waals surface area contributed by atoms with Crippen LogP contribution in [0.3, 0.4) is 0 Å². The van der Waals surface area contributed by atoms with Crippen molar-refractivity contribution in [3.63, 3.8) is 0 Å². The summed E-state index contributed by atoms with van der Waals surface area (Å²) < 4.78 is 6.69. The molecule has 0 radical (unpaired) electrons. The Balaban J connectivity index is 2.48. The van der Waals surface area contributed by atoms with Crippen LogP contribution in [0.15, 0.2) is 34.1 Å². The molecule has 1 aromatic carbocycles. The fourth-order valence-corrected chi connectivity index (χ4v) is 3.81. The summed E-state index contributed by atoms with van der Waals surface area (Å²) in [5.74, 6) is 0.936. The molecule has 1 atom stereocenters. The molecule has 0 bridgehead atoms. The highest BCUT2D eigenvalue weighted by molar-refractivity contribution is 9.10. The van der Waals surface area contributed by atoms with E-state index >= 15 is 0 Å². The number of hydrogen-bond donors (Lipinski definition) is 1. The van der Waals surface area contributed by atoms with Gasteiger partial charge in [0.1, 0.15) is 5.75 Å². The molecule has 0 saturated carbocycles. The lowest BCUT2D eigenvalue weighted by molar-refractivity contribution is 0.404. The van der Waals surface area contributed by atoms with Crippen molar-refractivity contribution in [2.75, 3.05) is 13.7 Å². The Morgan fingerprint density at radius 3 is 2.74 bits per heavy atom. The molecule has 1 unspecified atom stereocenters. The topological polar surface area (TPSA) is 21.3 Å². The lowest BCUT2D eigenvalue weighted by atomic mass is 10.0. The molecule has 1 aromatic heterocycles. The third kappa shape index (κ3) is 3.19. The lowest BCUT2D eigenvalue weighted by Gasteiger charge is -2.20. The Bertz CT molecular complexity index is 553. The molecule has 1 N–H and O–H groups in total. The molecule has 0 aliphatic carbocycles. The molecular weight excluding hydrogens is 322 g/mol. The molecule has 1 heterocycles. The minimum atomic E-state index is 0.162. The molecule has 0 spiro atoms. The van der Waals surface area contributed by atoms with Gasteiger partial charge in [-0.05, 0) is 52.5 Å². The summed E-state index contributed by atoms with van der Waals surface area (Å²) in [6, 6.07) is 8.61. The van der Waals surface area contributed by atoms with E-state index in [1.54, 1.807) is 18.4 Å². The number of halogens is 1. The van der Waals surface area contributed by atoms with Gasteiger partial charge >= 0.3 is 0 Å². The van der Waals surface area contributed by atoms with Crippen LogP contribution in [0.25, 0.3) is 0 Å². The van der Waals surface area contributed by atoms with E-state index < -0.39 is 0 Å². The zero-order valence-corrected chi connectivity index (χ0v) is 13.8. The van der Waals surface area contributed by atoms with Gasteiger partial charge in [-0.1, -0.05) is 19.1 Å². The highest BCUT2D eigenvalue weighted by atomic mass is 79.9. The van der Waals surface area contributed by atoms with Gasteiger partial charge in [-0.15, -0.1) is 11.3 Å². The summed E-state index contributed by atoms with van der Waals surface area (Å²) in [5.41, 5.74) is 2.39. The van der Waals surface area contributed by atoms with Crippen molar-refractivity contribution in [2.45, 2.75) is 19.9 Å². The van der Waals surface area contributed by atoms with Crippen LogP contribution >= 0.6 is 27.3 Å². The molecule has 2 aromatic rings. The third-order valence-electron chi connectivity index (χ3n) is 3.02. The summed E-state index contributed by atoms with van der Waals surface area (Å²) >= 11 is 5.38. The van der Waals surface area contributed by atoms with Crippen LogP contribution in [0.5, 0.6) is 5.75 Å². The summed E-state index contributed by atoms with van der Waals surface area (Å²) in [6.07, 6.45) is 0. The number of nitrogens with one attached hydrogen (secondary N) is 1. The lowest BCUT2D eigenvalue weighted by Crippen LogP contribution is -2.22. The number of methoxy groups -OCH3 is 1. The van der Waals surface area contributed by atoms with Gasteiger partial charge in [0.05, 0.1) is 13.2 Å². The Morgan fingerprint density at radius 1 is 1.37 bits per heavy atom. The van der Waals surface area contributed by atoms with Crippen LogP contribution in [-0.2, 0) is 0 Å². The average molecular weight is 340 g/mol. The second-order valence-electron chi connectivity index (χ2n) is 4.37. The van der Waals surface area contributed by atoms with E-state index in [0.717, 1.165) is 16.8 Å². The molecule has 0 aliphatic rings. The van der Waals surface area contributed by atoms with Crippen molar-refractivity contribution in [1.29, 1.82) is 0 Å². The van der Waals surface area contributed by atoms with Gasteiger partial charge < -0.3 is 10.1 Å². The minimum Gasteiger partial charge on any atom is -0.496 e. The molecule has 2 rings (SSSR count). The fourth-order valence-electron chi connectivity index (χ4n) is 2.12. The molecular formula is C15H18BrNOS. The molecule has 2 nitrogen and oxygen atoms in total. The van der Waals surface area contributed by atoms with Gasteiger partial charge in [0.15, 0.2) is 0 Å². The molecule has 4 heteroatoms. The van der Waals surface area contributed by atoms with Crippen LogP contribution < -0.4 is 10.1 Å². The summed E-state index contributed by atoms with van der Waals surface area (Å²) in [5, 5.41) is 5.64. The van der Waals surface area contributed by atoms with Crippen LogP contribution in [0.2, 0.25) is 0 Å². The largest absolute Gasteiger partial charge is 0.496 e. The van der Waals surface area contributed by atoms with Crippen LogP contribution in [-0.4, -0.2) is 13.7 Å². The van der Waals surface area contributed by atoms with E-state index in [4.69, 9.17) is 4.74 Å². The maximum Gasteiger partial charge on any atom is 0.124 e. The molecule has 0 fully saturated rings. The van der Waals surface area contributed by atoms with E-state index in [1.165, 1.54) is 16.0 Å². The maximum absolute atomic E-state index is 5.54. The van der Waals surface area contributed by atoms with Crippen molar-refractivity contribution in [2.24, 2.45) is 0 Å². The first-order chi connectivity index (χ1) is 9.17. The summed E-state index contributed by atoms with van der Waals surface area (Å²) in [6.45, 7) is 5.11. The summed E-state index contributed by atoms with van der Waals surface area (Å²) in [4.78, 5) is 1.28. The van der Waals surface area contributed by atoms with Crippen molar-refractivity contribution >= 4 is 27.3 Å². The highest BCUT2D eigenvalue weighted by Crippen LogP contribution is 2.37. The zero-order chi connectivity index (χ0) is 13.8. The average Bonchev–Trinajstić information content (AvgIpc) is 2.82. The summed E-state index contributed by atoms with van der Waals surface area (Å²) in [7, 11) is 1.73. The van der Waals surface area contributed by atoms with E-state index in [2.05, 4.69) is 64.7 Å². The first kappa shape index (κ1) is 14.6. The number of benzene rings is 1. The first-order valence-electron chi connectivity index (χ1n) is 6.28. The van der Waals surface area contributed by atoms with Crippen LogP contribution in [0.1, 0.15) is 29.0 Å². The quantitative estimate of drug-likeness (QED) is 0.864. The minimum absolute atomic E-state index is 0.162. The Labute approximate surface area is 126 Å². The maximum atomic E-state index is 5.54. The third-order valence-corrected chi connectivity index (χ3v) is 4.95. The predicted molar refractivity (Wildman–Crippen MR) is 85.3 cm³/mol. The van der Waals surface area contributed by atoms with Crippen molar-refractivity contribution in [3.05, 3.63) is 50.1 Å². The van der Waals surface area contributed by atoms with Gasteiger partial charge in [0, 0.05) is 14.9 Å². The highest BCUT2D eigenvalue weighted by Gasteiger charge is 2.20. The van der Waals surface area contributed by atoms with Gasteiger partial charge in [-0.2, -0.15) is 0 Å². The standard InChI is InChI=1S/C15H18BrNOS/c1-4-17-14(15-12(16)7-8-19-15)11-6-5-10(2)9-13(11)18-3/h5-9,14,17H,4H2,1-3H3. The number of hydrogen-bond acceptors (Lipinski definition) is 3. The van der Waals surface area contributed by atoms with Crippen LogP contribution in [0, 0.1) is 6.92 Å². The van der Waals surface area contributed by atoms with Crippen molar-refractivity contribution in [1.82, 2.24) is 5.32 Å². The number of aryl methyl sites for hydroxylation is 1. The number of thiophene rings is 1. The SMILES string of the molecule is CCNC(c1ccc(C)cc1OC)c1sccc1Br. The first-order valence-corrected chi connectivity index (χ1v) is 7.95.